The van der Waals surface area contributed by atoms with Crippen LogP contribution < -0.4 is 0 Å². The van der Waals surface area contributed by atoms with E-state index in [2.05, 4.69) is 194 Å². The van der Waals surface area contributed by atoms with Gasteiger partial charge in [0.05, 0.1) is 0 Å². The highest BCUT2D eigenvalue weighted by Crippen LogP contribution is 2.58. The molecule has 0 bridgehead atoms. The van der Waals surface area contributed by atoms with Gasteiger partial charge in [0.1, 0.15) is 0 Å². The van der Waals surface area contributed by atoms with Crippen LogP contribution in [0.4, 0.5) is 0 Å². The first-order valence-electron chi connectivity index (χ1n) is 19.0. The lowest BCUT2D eigenvalue weighted by molar-refractivity contribution is 1.39. The van der Waals surface area contributed by atoms with Crippen LogP contribution in [0, 0.1) is 0 Å². The Hall–Kier alpha value is -6.67. The zero-order valence-electron chi connectivity index (χ0n) is 29.9. The van der Waals surface area contributed by atoms with E-state index in [4.69, 9.17) is 0 Å². The van der Waals surface area contributed by atoms with Crippen molar-refractivity contribution < 1.29 is 0 Å². The Labute approximate surface area is 324 Å². The lowest BCUT2D eigenvalue weighted by atomic mass is 9.81. The highest BCUT2D eigenvalue weighted by Gasteiger charge is 2.31. The zero-order valence-corrected chi connectivity index (χ0v) is 30.7. The molecule has 0 unspecified atom stereocenters. The highest BCUT2D eigenvalue weighted by atomic mass is 32.2. The van der Waals surface area contributed by atoms with E-state index in [9.17, 15) is 0 Å². The van der Waals surface area contributed by atoms with Crippen molar-refractivity contribution in [1.29, 1.82) is 0 Å². The molecule has 254 valence electrons. The van der Waals surface area contributed by atoms with Crippen molar-refractivity contribution in [3.63, 3.8) is 0 Å². The molecule has 0 aromatic heterocycles. The summed E-state index contributed by atoms with van der Waals surface area (Å²) in [6, 6.07) is 72.3. The summed E-state index contributed by atoms with van der Waals surface area (Å²) in [5.74, 6) is 0. The molecule has 1 aliphatic heterocycles. The van der Waals surface area contributed by atoms with E-state index < -0.39 is 0 Å². The van der Waals surface area contributed by atoms with Gasteiger partial charge in [0.25, 0.3) is 0 Å². The fourth-order valence-corrected chi connectivity index (χ4v) is 10.5. The van der Waals surface area contributed by atoms with Gasteiger partial charge >= 0.3 is 0 Å². The van der Waals surface area contributed by atoms with Gasteiger partial charge in [-0.15, -0.1) is 0 Å². The molecule has 1 heterocycles. The van der Waals surface area contributed by atoms with Gasteiger partial charge in [-0.2, -0.15) is 0 Å². The van der Waals surface area contributed by atoms with Crippen LogP contribution >= 0.6 is 11.8 Å². The average Bonchev–Trinajstić information content (AvgIpc) is 3.58. The lowest BCUT2D eigenvalue weighted by Gasteiger charge is -2.22. The van der Waals surface area contributed by atoms with E-state index in [0.717, 1.165) is 0 Å². The summed E-state index contributed by atoms with van der Waals surface area (Å²) in [7, 11) is 0. The van der Waals surface area contributed by atoms with Crippen LogP contribution in [-0.2, 0) is 0 Å². The highest BCUT2D eigenvalue weighted by molar-refractivity contribution is 7.99. The van der Waals surface area contributed by atoms with Gasteiger partial charge in [-0.3, -0.25) is 0 Å². The molecule has 1 heteroatoms. The van der Waals surface area contributed by atoms with Crippen molar-refractivity contribution in [2.45, 2.75) is 9.79 Å². The standard InChI is InChI=1S/C54H32S/c1-3-13-33(14-4-1)38-29-39(37-27-28-47-46(32-37)43-23-9-19-35-20-12-26-48(55-47)50(35)43)31-40(30-38)52-42-22-8-7-21-41(42)51(36-15-5-2-6-16-36)53-44-24-10-17-34-18-11-25-45(49(34)44)54(52)53/h1-32H. The number of hydrogen-bond acceptors (Lipinski definition) is 1. The Morgan fingerprint density at radius 1 is 0.255 bits per heavy atom. The van der Waals surface area contributed by atoms with E-state index in [-0.39, 0.29) is 0 Å². The van der Waals surface area contributed by atoms with Gasteiger partial charge in [-0.25, -0.2) is 0 Å². The molecular formula is C54H32S. The first-order chi connectivity index (χ1) is 27.3. The number of rotatable bonds is 4. The topological polar surface area (TPSA) is 0 Å². The van der Waals surface area contributed by atoms with Crippen LogP contribution in [-0.4, -0.2) is 0 Å². The molecule has 1 aliphatic carbocycles. The Kier molecular flexibility index (Phi) is 6.66. The Morgan fingerprint density at radius 2 is 0.782 bits per heavy atom. The molecule has 10 aromatic carbocycles. The second-order valence-electron chi connectivity index (χ2n) is 14.8. The van der Waals surface area contributed by atoms with Gasteiger partial charge in [0.15, 0.2) is 0 Å². The summed E-state index contributed by atoms with van der Waals surface area (Å²) in [6.45, 7) is 0. The van der Waals surface area contributed by atoms with Crippen molar-refractivity contribution in [3.8, 4) is 77.9 Å². The summed E-state index contributed by atoms with van der Waals surface area (Å²) in [4.78, 5) is 2.64. The summed E-state index contributed by atoms with van der Waals surface area (Å²) < 4.78 is 0. The molecule has 0 N–H and O–H groups in total. The summed E-state index contributed by atoms with van der Waals surface area (Å²) in [5.41, 5.74) is 17.8. The summed E-state index contributed by atoms with van der Waals surface area (Å²) in [6.07, 6.45) is 0. The Bertz CT molecular complexity index is 3200. The smallest absolute Gasteiger partial charge is 0.0207 e. The van der Waals surface area contributed by atoms with Gasteiger partial charge in [-0.05, 0) is 141 Å². The molecule has 10 aromatic rings. The maximum atomic E-state index is 2.45. The molecule has 0 saturated heterocycles. The predicted octanol–water partition coefficient (Wildman–Crippen LogP) is 15.6. The van der Waals surface area contributed by atoms with E-state index in [0.29, 0.717) is 0 Å². The molecule has 55 heavy (non-hydrogen) atoms. The minimum atomic E-state index is 1.21. The minimum absolute atomic E-state index is 1.21. The van der Waals surface area contributed by atoms with Gasteiger partial charge in [-0.1, -0.05) is 169 Å². The van der Waals surface area contributed by atoms with Crippen LogP contribution in [0.5, 0.6) is 0 Å². The van der Waals surface area contributed by atoms with Gasteiger partial charge < -0.3 is 0 Å². The van der Waals surface area contributed by atoms with Crippen LogP contribution in [0.3, 0.4) is 0 Å². The van der Waals surface area contributed by atoms with Crippen molar-refractivity contribution in [2.75, 3.05) is 0 Å². The first kappa shape index (κ1) is 30.8. The maximum absolute atomic E-state index is 2.45. The number of benzene rings is 10. The van der Waals surface area contributed by atoms with Gasteiger partial charge in [0, 0.05) is 15.2 Å². The molecule has 12 rings (SSSR count). The Morgan fingerprint density at radius 3 is 1.45 bits per heavy atom. The third kappa shape index (κ3) is 4.60. The monoisotopic (exact) mass is 712 g/mol. The van der Waals surface area contributed by atoms with Crippen molar-refractivity contribution in [2.24, 2.45) is 0 Å². The quantitative estimate of drug-likeness (QED) is 0.175. The molecule has 0 atom stereocenters. The largest absolute Gasteiger partial charge is 0.0888 e. The second kappa shape index (κ2) is 11.9. The van der Waals surface area contributed by atoms with E-state index in [1.165, 1.54) is 120 Å². The second-order valence-corrected chi connectivity index (χ2v) is 15.8. The molecular weight excluding hydrogens is 681 g/mol. The predicted molar refractivity (Wildman–Crippen MR) is 235 cm³/mol. The fraction of sp³-hybridized carbons (Fsp3) is 0. The fourth-order valence-electron chi connectivity index (χ4n) is 9.42. The van der Waals surface area contributed by atoms with Crippen LogP contribution in [0.2, 0.25) is 0 Å². The third-order valence-corrected chi connectivity index (χ3v) is 12.9. The van der Waals surface area contributed by atoms with Gasteiger partial charge in [0.2, 0.25) is 0 Å². The van der Waals surface area contributed by atoms with E-state index in [1.807, 2.05) is 11.8 Å². The van der Waals surface area contributed by atoms with E-state index in [1.54, 1.807) is 0 Å². The van der Waals surface area contributed by atoms with E-state index >= 15 is 0 Å². The molecule has 0 spiro atoms. The lowest BCUT2D eigenvalue weighted by Crippen LogP contribution is -1.95. The molecule has 2 aliphatic rings. The van der Waals surface area contributed by atoms with Crippen LogP contribution in [0.1, 0.15) is 0 Å². The molecule has 0 nitrogen and oxygen atoms in total. The van der Waals surface area contributed by atoms with Crippen LogP contribution in [0.15, 0.2) is 204 Å². The maximum Gasteiger partial charge on any atom is 0.0207 e. The van der Waals surface area contributed by atoms with Crippen molar-refractivity contribution >= 4 is 44.1 Å². The van der Waals surface area contributed by atoms with Crippen molar-refractivity contribution in [3.05, 3.63) is 194 Å². The molecule has 0 fully saturated rings. The number of fused-ring (bicyclic) bond motifs is 6. The minimum Gasteiger partial charge on any atom is -0.0888 e. The third-order valence-electron chi connectivity index (χ3n) is 11.7. The molecule has 0 amide bonds. The average molecular weight is 713 g/mol. The summed E-state index contributed by atoms with van der Waals surface area (Å²) >= 11 is 1.88. The molecule has 0 radical (unpaired) electrons. The number of hydrogen-bond donors (Lipinski definition) is 0. The normalized spacial score (nSPS) is 12.3. The SMILES string of the molecule is c1ccc(-c2cc(-c3ccc4c(c3)-c3cccc5cccc(c35)S4)cc(-c3c4c(c(-c5ccccc5)c5ccccc35)-c3cccc5cccc-4c35)c2)cc1. The van der Waals surface area contributed by atoms with Crippen LogP contribution in [0.25, 0.3) is 110 Å². The first-order valence-corrected chi connectivity index (χ1v) is 19.8. The Balaban J connectivity index is 1.17. The zero-order chi connectivity index (χ0) is 36.0. The van der Waals surface area contributed by atoms with Crippen molar-refractivity contribution in [1.82, 2.24) is 0 Å². The molecule has 0 saturated carbocycles. The summed E-state index contributed by atoms with van der Waals surface area (Å²) in [5, 5.41) is 7.82.